The first kappa shape index (κ1) is 16.3. The molecule has 2 nitrogen and oxygen atoms in total. The van der Waals surface area contributed by atoms with Crippen LogP contribution in [0.15, 0.2) is 11.4 Å². The molecule has 0 N–H and O–H groups in total. The lowest BCUT2D eigenvalue weighted by Gasteiger charge is -2.17. The summed E-state index contributed by atoms with van der Waals surface area (Å²) in [6, 6.07) is 0. The van der Waals surface area contributed by atoms with Crippen LogP contribution in [0.1, 0.15) is 52.4 Å². The minimum Gasteiger partial charge on any atom is -0.234 e. The van der Waals surface area contributed by atoms with Gasteiger partial charge in [0, 0.05) is 11.4 Å². The molecule has 0 bridgehead atoms. The minimum absolute atomic E-state index is 0.309. The zero-order valence-electron chi connectivity index (χ0n) is 11.0. The van der Waals surface area contributed by atoms with E-state index in [4.69, 9.17) is 0 Å². The molecule has 0 radical (unpaired) electrons. The summed E-state index contributed by atoms with van der Waals surface area (Å²) in [5.74, 6) is 3.89. The van der Waals surface area contributed by atoms with Crippen molar-refractivity contribution < 1.29 is 9.59 Å². The molecular formula is C14H23O2P. The highest BCUT2D eigenvalue weighted by Crippen LogP contribution is 2.47. The van der Waals surface area contributed by atoms with Crippen LogP contribution in [0.4, 0.5) is 0 Å². The van der Waals surface area contributed by atoms with Gasteiger partial charge in [0.05, 0.1) is 0 Å². The van der Waals surface area contributed by atoms with Gasteiger partial charge in [0.25, 0.3) is 0 Å². The molecule has 0 aliphatic heterocycles. The number of hydrogen-bond donors (Lipinski definition) is 0. The van der Waals surface area contributed by atoms with Crippen LogP contribution in [-0.2, 0) is 9.59 Å². The second-order valence-corrected chi connectivity index (χ2v) is 6.62. The molecule has 0 rings (SSSR count). The second-order valence-electron chi connectivity index (χ2n) is 4.10. The van der Waals surface area contributed by atoms with Gasteiger partial charge in [-0.15, -0.1) is 0 Å². The largest absolute Gasteiger partial charge is 0.234 e. The highest BCUT2D eigenvalue weighted by Gasteiger charge is 2.13. The summed E-state index contributed by atoms with van der Waals surface area (Å²) < 4.78 is 0. The fraction of sp³-hybridized carbons (Fsp3) is 0.714. The summed E-state index contributed by atoms with van der Waals surface area (Å²) in [4.78, 5) is 21.1. The molecule has 0 heterocycles. The molecule has 96 valence electrons. The first-order valence-electron chi connectivity index (χ1n) is 6.48. The van der Waals surface area contributed by atoms with Crippen molar-refractivity contribution in [3.8, 4) is 0 Å². The van der Waals surface area contributed by atoms with Crippen molar-refractivity contribution >= 4 is 19.8 Å². The van der Waals surface area contributed by atoms with Crippen molar-refractivity contribution in [2.75, 3.05) is 12.3 Å². The summed E-state index contributed by atoms with van der Waals surface area (Å²) >= 11 is 0. The number of unbranched alkanes of at least 4 members (excludes halogenated alkanes) is 2. The van der Waals surface area contributed by atoms with Crippen LogP contribution in [0.2, 0.25) is 0 Å². The van der Waals surface area contributed by atoms with Crippen LogP contribution in [0.25, 0.3) is 0 Å². The van der Waals surface area contributed by atoms with Crippen LogP contribution in [0.5, 0.6) is 0 Å². The average molecular weight is 254 g/mol. The number of hydrogen-bond acceptors (Lipinski definition) is 2. The Balaban J connectivity index is 4.37. The number of allylic oxidation sites excluding steroid dienone is 2. The summed E-state index contributed by atoms with van der Waals surface area (Å²) in [5, 5.41) is 0.924. The van der Waals surface area contributed by atoms with E-state index in [1.165, 1.54) is 31.8 Å². The molecule has 0 aliphatic carbocycles. The van der Waals surface area contributed by atoms with Crippen molar-refractivity contribution in [3.05, 3.63) is 11.4 Å². The highest BCUT2D eigenvalue weighted by atomic mass is 31.1. The van der Waals surface area contributed by atoms with Crippen molar-refractivity contribution in [3.63, 3.8) is 0 Å². The average Bonchev–Trinajstić information content (AvgIpc) is 2.36. The predicted octanol–water partition coefficient (Wildman–Crippen LogP) is 3.95. The molecule has 0 atom stereocenters. The fourth-order valence-corrected chi connectivity index (χ4v) is 4.35. The van der Waals surface area contributed by atoms with E-state index < -0.39 is 0 Å². The lowest BCUT2D eigenvalue weighted by molar-refractivity contribution is 0.566. The van der Waals surface area contributed by atoms with Crippen LogP contribution in [0, 0.1) is 0 Å². The number of carbonyl (C=O) groups excluding carboxylic acids is 2. The van der Waals surface area contributed by atoms with Crippen molar-refractivity contribution in [1.29, 1.82) is 0 Å². The Morgan fingerprint density at radius 1 is 1.12 bits per heavy atom. The van der Waals surface area contributed by atoms with Gasteiger partial charge >= 0.3 is 0 Å². The normalized spacial score (nSPS) is 9.82. The summed E-state index contributed by atoms with van der Waals surface area (Å²) in [7, 11) is -0.309. The van der Waals surface area contributed by atoms with E-state index in [1.807, 2.05) is 0 Å². The summed E-state index contributed by atoms with van der Waals surface area (Å²) in [5.41, 5.74) is 0. The first-order valence-corrected chi connectivity index (χ1v) is 8.19. The molecule has 0 aromatic heterocycles. The van der Waals surface area contributed by atoms with Gasteiger partial charge in [-0.3, -0.25) is 0 Å². The Labute approximate surface area is 106 Å². The van der Waals surface area contributed by atoms with Gasteiger partial charge in [0.2, 0.25) is 0 Å². The van der Waals surface area contributed by atoms with E-state index in [0.29, 0.717) is 12.8 Å². The van der Waals surface area contributed by atoms with Gasteiger partial charge in [-0.1, -0.05) is 34.6 Å². The second kappa shape index (κ2) is 11.8. The monoisotopic (exact) mass is 254 g/mol. The third-order valence-electron chi connectivity index (χ3n) is 2.67. The summed E-state index contributed by atoms with van der Waals surface area (Å²) in [6.07, 6.45) is 9.78. The Hall–Kier alpha value is -0.670. The van der Waals surface area contributed by atoms with E-state index in [1.54, 1.807) is 5.94 Å². The van der Waals surface area contributed by atoms with E-state index in [0.717, 1.165) is 17.6 Å². The molecule has 17 heavy (non-hydrogen) atoms. The molecule has 0 unspecified atom stereocenters. The minimum atomic E-state index is -0.309. The third-order valence-corrected chi connectivity index (χ3v) is 5.46. The van der Waals surface area contributed by atoms with E-state index in [2.05, 4.69) is 19.8 Å². The molecule has 0 fully saturated rings. The van der Waals surface area contributed by atoms with Gasteiger partial charge in [-0.05, 0) is 38.0 Å². The molecule has 0 aromatic carbocycles. The zero-order chi connectivity index (χ0) is 12.9. The van der Waals surface area contributed by atoms with Crippen molar-refractivity contribution in [2.45, 2.75) is 52.4 Å². The molecule has 0 spiro atoms. The summed E-state index contributed by atoms with van der Waals surface area (Å²) in [6.45, 7) is 4.35. The van der Waals surface area contributed by atoms with E-state index in [-0.39, 0.29) is 7.92 Å². The van der Waals surface area contributed by atoms with Gasteiger partial charge in [0.1, 0.15) is 11.9 Å². The van der Waals surface area contributed by atoms with E-state index in [9.17, 15) is 9.59 Å². The molecule has 0 aliphatic rings. The molecular weight excluding hydrogens is 231 g/mol. The maximum Gasteiger partial charge on any atom is 0.128 e. The fourth-order valence-electron chi connectivity index (χ4n) is 1.62. The maximum absolute atomic E-state index is 11.0. The predicted molar refractivity (Wildman–Crippen MR) is 75.2 cm³/mol. The maximum atomic E-state index is 11.0. The highest BCUT2D eigenvalue weighted by molar-refractivity contribution is 7.62. The molecule has 3 heteroatoms. The lowest BCUT2D eigenvalue weighted by atomic mass is 10.3. The van der Waals surface area contributed by atoms with Crippen LogP contribution in [-0.4, -0.2) is 24.2 Å². The van der Waals surface area contributed by atoms with Crippen LogP contribution >= 0.6 is 7.92 Å². The van der Waals surface area contributed by atoms with Crippen LogP contribution in [0.3, 0.4) is 0 Å². The Morgan fingerprint density at radius 3 is 2.12 bits per heavy atom. The quantitative estimate of drug-likeness (QED) is 0.437. The lowest BCUT2D eigenvalue weighted by Crippen LogP contribution is -1.95. The Morgan fingerprint density at radius 2 is 1.71 bits per heavy atom. The smallest absolute Gasteiger partial charge is 0.128 e. The van der Waals surface area contributed by atoms with Crippen LogP contribution < -0.4 is 0 Å². The number of rotatable bonds is 10. The van der Waals surface area contributed by atoms with Gasteiger partial charge in [-0.25, -0.2) is 9.59 Å². The first-order chi connectivity index (χ1) is 8.29. The van der Waals surface area contributed by atoms with E-state index >= 15 is 0 Å². The molecule has 0 saturated carbocycles. The Kier molecular flexibility index (Phi) is 11.3. The Bertz CT molecular complexity index is 279. The van der Waals surface area contributed by atoms with Crippen molar-refractivity contribution in [2.24, 2.45) is 0 Å². The standard InChI is InChI=1S/C14H23O2P/c1-3-5-11-17(12-6-4-2)14(13-16)9-7-8-10-15/h8H,3-7,9,11-12H2,1-2H3. The topological polar surface area (TPSA) is 34.1 Å². The van der Waals surface area contributed by atoms with Crippen molar-refractivity contribution in [1.82, 2.24) is 0 Å². The van der Waals surface area contributed by atoms with Gasteiger partial charge in [0.15, 0.2) is 0 Å². The molecule has 0 aromatic rings. The SMILES string of the molecule is CCCCP(CCCC)C(=C=O)CCC=C=O. The third kappa shape index (κ3) is 8.11. The molecule has 0 saturated heterocycles. The zero-order valence-corrected chi connectivity index (χ0v) is 11.9. The molecule has 0 amide bonds. The van der Waals surface area contributed by atoms with Gasteiger partial charge < -0.3 is 0 Å². The van der Waals surface area contributed by atoms with Gasteiger partial charge in [-0.2, -0.15) is 0 Å².